The lowest BCUT2D eigenvalue weighted by Gasteiger charge is -2.18. The van der Waals surface area contributed by atoms with Crippen molar-refractivity contribution in [1.29, 1.82) is 0 Å². The van der Waals surface area contributed by atoms with Crippen LogP contribution in [0.3, 0.4) is 0 Å². The molecule has 1 rings (SSSR count). The van der Waals surface area contributed by atoms with Gasteiger partial charge >= 0.3 is 5.97 Å². The second-order valence-corrected chi connectivity index (χ2v) is 5.26. The van der Waals surface area contributed by atoms with Gasteiger partial charge in [-0.05, 0) is 25.0 Å². The molecule has 0 fully saturated rings. The minimum atomic E-state index is -0.737. The molecule has 0 radical (unpaired) electrons. The lowest BCUT2D eigenvalue weighted by molar-refractivity contribution is -0.147. The van der Waals surface area contributed by atoms with Crippen LogP contribution in [0.4, 0.5) is 0 Å². The van der Waals surface area contributed by atoms with Gasteiger partial charge in [-0.1, -0.05) is 41.9 Å². The Morgan fingerprint density at radius 2 is 2.00 bits per heavy atom. The molecule has 0 heterocycles. The van der Waals surface area contributed by atoms with Crippen molar-refractivity contribution in [3.63, 3.8) is 0 Å². The monoisotopic (exact) mass is 312 g/mol. The van der Waals surface area contributed by atoms with Gasteiger partial charge in [0.1, 0.15) is 5.92 Å². The molecule has 18 heavy (non-hydrogen) atoms. The fourth-order valence-corrected chi connectivity index (χ4v) is 2.13. The maximum absolute atomic E-state index is 12.3. The highest BCUT2D eigenvalue weighted by atomic mass is 79.9. The number of halogens is 1. The van der Waals surface area contributed by atoms with E-state index in [0.29, 0.717) is 5.56 Å². The minimum absolute atomic E-state index is 0.0875. The number of carbonyl (C=O) groups excluding carboxylic acids is 2. The third kappa shape index (κ3) is 3.67. The summed E-state index contributed by atoms with van der Waals surface area (Å²) in [4.78, 5) is 24.2. The summed E-state index contributed by atoms with van der Waals surface area (Å²) in [7, 11) is 0. The van der Waals surface area contributed by atoms with Gasteiger partial charge in [0.15, 0.2) is 5.78 Å². The van der Waals surface area contributed by atoms with Gasteiger partial charge < -0.3 is 4.74 Å². The first-order valence-electron chi connectivity index (χ1n) is 5.93. The molecule has 1 atom stereocenters. The molecule has 4 heteroatoms. The van der Waals surface area contributed by atoms with E-state index in [4.69, 9.17) is 4.74 Å². The van der Waals surface area contributed by atoms with Crippen molar-refractivity contribution in [1.82, 2.24) is 0 Å². The number of ketones is 1. The van der Waals surface area contributed by atoms with Gasteiger partial charge in [-0.2, -0.15) is 0 Å². The number of Topliss-reactive ketones (excluding diaryl/α,β-unsaturated/α-hetero) is 1. The van der Waals surface area contributed by atoms with Crippen molar-refractivity contribution >= 4 is 27.7 Å². The number of carbonyl (C=O) groups is 2. The lowest BCUT2D eigenvalue weighted by atomic mass is 9.88. The van der Waals surface area contributed by atoms with Gasteiger partial charge in [0.25, 0.3) is 0 Å². The molecular weight excluding hydrogens is 296 g/mol. The van der Waals surface area contributed by atoms with E-state index >= 15 is 0 Å². The molecule has 0 bridgehead atoms. The lowest BCUT2D eigenvalue weighted by Crippen LogP contribution is -2.30. The first-order chi connectivity index (χ1) is 8.47. The Morgan fingerprint density at radius 3 is 2.50 bits per heavy atom. The molecule has 0 saturated heterocycles. The molecule has 1 aromatic rings. The average Bonchev–Trinajstić information content (AvgIpc) is 2.28. The Balaban J connectivity index is 3.00. The number of benzene rings is 1. The van der Waals surface area contributed by atoms with Crippen LogP contribution in [0.1, 0.15) is 31.1 Å². The number of hydrogen-bond donors (Lipinski definition) is 0. The summed E-state index contributed by atoms with van der Waals surface area (Å²) in [5.41, 5.74) is 0.524. The summed E-state index contributed by atoms with van der Waals surface area (Å²) < 4.78 is 5.79. The van der Waals surface area contributed by atoms with Crippen molar-refractivity contribution in [2.45, 2.75) is 20.8 Å². The molecule has 0 aliphatic carbocycles. The third-order valence-corrected chi connectivity index (χ3v) is 3.09. The van der Waals surface area contributed by atoms with Crippen LogP contribution >= 0.6 is 15.9 Å². The molecule has 98 valence electrons. The van der Waals surface area contributed by atoms with Crippen LogP contribution in [0.2, 0.25) is 0 Å². The number of ether oxygens (including phenoxy) is 1. The fraction of sp³-hybridized carbons (Fsp3) is 0.429. The Morgan fingerprint density at radius 1 is 1.33 bits per heavy atom. The highest BCUT2D eigenvalue weighted by molar-refractivity contribution is 9.10. The van der Waals surface area contributed by atoms with Crippen LogP contribution in [0.5, 0.6) is 0 Å². The van der Waals surface area contributed by atoms with E-state index in [1.54, 1.807) is 25.1 Å². The minimum Gasteiger partial charge on any atom is -0.465 e. The maximum atomic E-state index is 12.3. The van der Waals surface area contributed by atoms with Crippen LogP contribution in [-0.2, 0) is 9.53 Å². The zero-order chi connectivity index (χ0) is 13.7. The summed E-state index contributed by atoms with van der Waals surface area (Å²) in [6, 6.07) is 7.05. The molecule has 1 unspecified atom stereocenters. The van der Waals surface area contributed by atoms with Crippen molar-refractivity contribution in [3.8, 4) is 0 Å². The Hall–Kier alpha value is -1.16. The normalized spacial score (nSPS) is 12.3. The zero-order valence-electron chi connectivity index (χ0n) is 10.8. The third-order valence-electron chi connectivity index (χ3n) is 2.60. The van der Waals surface area contributed by atoms with Crippen molar-refractivity contribution < 1.29 is 14.3 Å². The van der Waals surface area contributed by atoms with Crippen molar-refractivity contribution in [3.05, 3.63) is 34.3 Å². The second kappa shape index (κ2) is 6.69. The van der Waals surface area contributed by atoms with E-state index in [1.807, 2.05) is 19.9 Å². The maximum Gasteiger partial charge on any atom is 0.317 e. The van der Waals surface area contributed by atoms with Crippen LogP contribution in [0.25, 0.3) is 0 Å². The molecule has 0 amide bonds. The van der Waals surface area contributed by atoms with E-state index in [2.05, 4.69) is 15.9 Å². The number of esters is 1. The fourth-order valence-electron chi connectivity index (χ4n) is 1.74. The van der Waals surface area contributed by atoms with Gasteiger partial charge in [-0.25, -0.2) is 0 Å². The van der Waals surface area contributed by atoms with Crippen LogP contribution < -0.4 is 0 Å². The Kier molecular flexibility index (Phi) is 5.54. The number of hydrogen-bond acceptors (Lipinski definition) is 3. The van der Waals surface area contributed by atoms with Crippen LogP contribution in [0.15, 0.2) is 28.7 Å². The second-order valence-electron chi connectivity index (χ2n) is 4.35. The molecule has 0 aromatic heterocycles. The Labute approximate surface area is 116 Å². The van der Waals surface area contributed by atoms with Gasteiger partial charge in [0.2, 0.25) is 0 Å². The summed E-state index contributed by atoms with van der Waals surface area (Å²) in [6.07, 6.45) is 0. The van der Waals surface area contributed by atoms with Gasteiger partial charge in [-0.3, -0.25) is 9.59 Å². The molecule has 0 spiro atoms. The van der Waals surface area contributed by atoms with Crippen molar-refractivity contribution in [2.75, 3.05) is 6.61 Å². The van der Waals surface area contributed by atoms with E-state index < -0.39 is 11.9 Å². The highest BCUT2D eigenvalue weighted by Gasteiger charge is 2.31. The summed E-state index contributed by atoms with van der Waals surface area (Å²) in [5.74, 6) is -1.46. The molecular formula is C14H17BrO3. The van der Waals surface area contributed by atoms with E-state index in [-0.39, 0.29) is 18.3 Å². The standard InChI is InChI=1S/C14H17BrO3/c1-4-18-14(17)12(9(2)3)13(16)10-6-5-7-11(15)8-10/h5-9,12H,4H2,1-3H3. The first-order valence-corrected chi connectivity index (χ1v) is 6.73. The largest absolute Gasteiger partial charge is 0.465 e. The van der Waals surface area contributed by atoms with E-state index in [1.165, 1.54) is 0 Å². The topological polar surface area (TPSA) is 43.4 Å². The summed E-state index contributed by atoms with van der Waals surface area (Å²) in [6.45, 7) is 5.71. The molecule has 1 aromatic carbocycles. The zero-order valence-corrected chi connectivity index (χ0v) is 12.4. The molecule has 0 saturated carbocycles. The average molecular weight is 313 g/mol. The predicted molar refractivity (Wildman–Crippen MR) is 73.4 cm³/mol. The quantitative estimate of drug-likeness (QED) is 0.475. The smallest absolute Gasteiger partial charge is 0.317 e. The van der Waals surface area contributed by atoms with Crippen LogP contribution in [-0.4, -0.2) is 18.4 Å². The first kappa shape index (κ1) is 14.9. The SMILES string of the molecule is CCOC(=O)C(C(=O)c1cccc(Br)c1)C(C)C. The molecule has 3 nitrogen and oxygen atoms in total. The molecule has 0 aliphatic heterocycles. The summed E-state index contributed by atoms with van der Waals surface area (Å²) >= 11 is 3.32. The van der Waals surface area contributed by atoms with Gasteiger partial charge in [-0.15, -0.1) is 0 Å². The summed E-state index contributed by atoms with van der Waals surface area (Å²) in [5, 5.41) is 0. The van der Waals surface area contributed by atoms with Gasteiger partial charge in [0.05, 0.1) is 6.61 Å². The van der Waals surface area contributed by atoms with E-state index in [0.717, 1.165) is 4.47 Å². The van der Waals surface area contributed by atoms with Crippen molar-refractivity contribution in [2.24, 2.45) is 11.8 Å². The van der Waals surface area contributed by atoms with E-state index in [9.17, 15) is 9.59 Å². The predicted octanol–water partition coefficient (Wildman–Crippen LogP) is 3.47. The highest BCUT2D eigenvalue weighted by Crippen LogP contribution is 2.21. The van der Waals surface area contributed by atoms with Gasteiger partial charge in [0, 0.05) is 10.0 Å². The molecule has 0 aliphatic rings. The number of rotatable bonds is 5. The Bertz CT molecular complexity index is 440. The van der Waals surface area contributed by atoms with Crippen LogP contribution in [0, 0.1) is 11.8 Å². The molecule has 0 N–H and O–H groups in total.